The molecule has 2 aromatic rings. The molecule has 1 aromatic heterocycles. The van der Waals surface area contributed by atoms with E-state index in [9.17, 15) is 14.6 Å². The zero-order valence-corrected chi connectivity index (χ0v) is 10.8. The summed E-state index contributed by atoms with van der Waals surface area (Å²) in [4.78, 5) is 0. The lowest BCUT2D eigenvalue weighted by Crippen LogP contribution is -2.38. The van der Waals surface area contributed by atoms with Gasteiger partial charge < -0.3 is 10.2 Å². The molecule has 0 radical (unpaired) electrons. The Morgan fingerprint density at radius 1 is 1.21 bits per heavy atom. The summed E-state index contributed by atoms with van der Waals surface area (Å²) in [5.41, 5.74) is -0.0424. The number of halogens is 1. The molecule has 5 heteroatoms. The number of aromatic nitrogens is 2. The molecule has 4 nitrogen and oxygen atoms in total. The highest BCUT2D eigenvalue weighted by atomic mass is 19.1. The molecule has 0 saturated carbocycles. The first-order valence-corrected chi connectivity index (χ1v) is 6.06. The number of hydrogen-bond donors (Lipinski definition) is 2. The number of aryl methyl sites for hydroxylation is 1. The quantitative estimate of drug-likeness (QED) is 0.848. The fourth-order valence-corrected chi connectivity index (χ4v) is 2.22. The first-order valence-electron chi connectivity index (χ1n) is 6.06. The van der Waals surface area contributed by atoms with Gasteiger partial charge in [-0.25, -0.2) is 4.39 Å². The molecule has 0 spiro atoms. The minimum Gasteiger partial charge on any atom is -0.395 e. The van der Waals surface area contributed by atoms with E-state index in [1.165, 1.54) is 6.07 Å². The van der Waals surface area contributed by atoms with Crippen molar-refractivity contribution in [3.63, 3.8) is 0 Å². The second-order valence-corrected chi connectivity index (χ2v) is 4.73. The maximum Gasteiger partial charge on any atom is 0.127 e. The van der Waals surface area contributed by atoms with Crippen LogP contribution in [0.25, 0.3) is 0 Å². The number of nitrogens with zero attached hydrogens (tertiary/aromatic N) is 2. The standard InChI is InChI=1S/C14H17FN2O2/c1-17-7-6-11(16-17)8-14(9-18,10-19)12-4-2-3-5-13(12)15/h2-7,18-19H,8-10H2,1H3. The lowest BCUT2D eigenvalue weighted by molar-refractivity contribution is 0.112. The molecule has 102 valence electrons. The zero-order chi connectivity index (χ0) is 13.9. The third kappa shape index (κ3) is 2.67. The Morgan fingerprint density at radius 2 is 1.89 bits per heavy atom. The topological polar surface area (TPSA) is 58.3 Å². The number of aliphatic hydroxyl groups is 2. The summed E-state index contributed by atoms with van der Waals surface area (Å²) in [7, 11) is 1.78. The molecule has 0 aliphatic rings. The van der Waals surface area contributed by atoms with Crippen LogP contribution in [-0.4, -0.2) is 33.2 Å². The largest absolute Gasteiger partial charge is 0.395 e. The second kappa shape index (κ2) is 5.50. The Labute approximate surface area is 111 Å². The molecule has 2 rings (SSSR count). The first-order chi connectivity index (χ1) is 9.11. The summed E-state index contributed by atoms with van der Waals surface area (Å²) in [6.45, 7) is -0.692. The van der Waals surface area contributed by atoms with Gasteiger partial charge in [-0.05, 0) is 17.7 Å². The average molecular weight is 264 g/mol. The predicted octanol–water partition coefficient (Wildman–Crippen LogP) is 1.02. The molecule has 1 aromatic carbocycles. The van der Waals surface area contributed by atoms with E-state index in [2.05, 4.69) is 5.10 Å². The van der Waals surface area contributed by atoms with Gasteiger partial charge in [0.25, 0.3) is 0 Å². The van der Waals surface area contributed by atoms with Crippen LogP contribution in [0.5, 0.6) is 0 Å². The van der Waals surface area contributed by atoms with Crippen LogP contribution in [0.4, 0.5) is 4.39 Å². The molecule has 0 unspecified atom stereocenters. The van der Waals surface area contributed by atoms with Crippen molar-refractivity contribution in [3.8, 4) is 0 Å². The SMILES string of the molecule is Cn1ccc(CC(CO)(CO)c2ccccc2F)n1. The number of rotatable bonds is 5. The van der Waals surface area contributed by atoms with Gasteiger partial charge in [-0.1, -0.05) is 18.2 Å². The van der Waals surface area contributed by atoms with Crippen LogP contribution >= 0.6 is 0 Å². The Hall–Kier alpha value is -1.72. The fourth-order valence-electron chi connectivity index (χ4n) is 2.22. The summed E-state index contributed by atoms with van der Waals surface area (Å²) in [5, 5.41) is 23.5. The highest BCUT2D eigenvalue weighted by molar-refractivity contribution is 5.29. The van der Waals surface area contributed by atoms with E-state index < -0.39 is 11.2 Å². The molecular formula is C14H17FN2O2. The molecule has 19 heavy (non-hydrogen) atoms. The van der Waals surface area contributed by atoms with E-state index in [4.69, 9.17) is 0 Å². The Bertz CT molecular complexity index is 550. The molecule has 0 bridgehead atoms. The smallest absolute Gasteiger partial charge is 0.127 e. The van der Waals surface area contributed by atoms with Crippen molar-refractivity contribution in [2.75, 3.05) is 13.2 Å². The average Bonchev–Trinajstić information content (AvgIpc) is 2.82. The van der Waals surface area contributed by atoms with Crippen LogP contribution in [0.2, 0.25) is 0 Å². The van der Waals surface area contributed by atoms with Crippen molar-refractivity contribution >= 4 is 0 Å². The van der Waals surface area contributed by atoms with Gasteiger partial charge in [0.05, 0.1) is 18.9 Å². The van der Waals surface area contributed by atoms with Crippen LogP contribution in [-0.2, 0) is 18.9 Å². The second-order valence-electron chi connectivity index (χ2n) is 4.73. The van der Waals surface area contributed by atoms with E-state index in [-0.39, 0.29) is 19.6 Å². The minimum absolute atomic E-state index is 0.280. The van der Waals surface area contributed by atoms with Gasteiger partial charge in [-0.15, -0.1) is 0 Å². The van der Waals surface area contributed by atoms with Crippen molar-refractivity contribution < 1.29 is 14.6 Å². The monoisotopic (exact) mass is 264 g/mol. The van der Waals surface area contributed by atoms with Crippen molar-refractivity contribution in [1.82, 2.24) is 9.78 Å². The van der Waals surface area contributed by atoms with Crippen LogP contribution < -0.4 is 0 Å². The maximum atomic E-state index is 13.9. The molecule has 0 amide bonds. The van der Waals surface area contributed by atoms with Gasteiger partial charge in [0, 0.05) is 25.1 Å². The maximum absolute atomic E-state index is 13.9. The summed E-state index contributed by atoms with van der Waals surface area (Å²) < 4.78 is 15.6. The first kappa shape index (κ1) is 13.7. The van der Waals surface area contributed by atoms with Gasteiger partial charge in [-0.2, -0.15) is 5.10 Å². The lowest BCUT2D eigenvalue weighted by atomic mass is 9.77. The van der Waals surface area contributed by atoms with E-state index in [1.807, 2.05) is 0 Å². The fraction of sp³-hybridized carbons (Fsp3) is 0.357. The summed E-state index contributed by atoms with van der Waals surface area (Å²) in [5.74, 6) is -0.429. The molecule has 1 heterocycles. The number of aliphatic hydroxyl groups excluding tert-OH is 2. The zero-order valence-electron chi connectivity index (χ0n) is 10.8. The third-order valence-electron chi connectivity index (χ3n) is 3.34. The molecule has 0 saturated heterocycles. The summed E-state index contributed by atoms with van der Waals surface area (Å²) >= 11 is 0. The van der Waals surface area contributed by atoms with Crippen molar-refractivity contribution in [1.29, 1.82) is 0 Å². The molecule has 0 aliphatic carbocycles. The van der Waals surface area contributed by atoms with E-state index >= 15 is 0 Å². The summed E-state index contributed by atoms with van der Waals surface area (Å²) in [6, 6.07) is 7.98. The van der Waals surface area contributed by atoms with Gasteiger partial charge >= 0.3 is 0 Å². The normalized spacial score (nSPS) is 11.8. The van der Waals surface area contributed by atoms with Crippen LogP contribution in [0, 0.1) is 5.82 Å². The van der Waals surface area contributed by atoms with Crippen LogP contribution in [0.1, 0.15) is 11.3 Å². The molecular weight excluding hydrogens is 247 g/mol. The Morgan fingerprint density at radius 3 is 2.42 bits per heavy atom. The highest BCUT2D eigenvalue weighted by Crippen LogP contribution is 2.29. The predicted molar refractivity (Wildman–Crippen MR) is 69.2 cm³/mol. The van der Waals surface area contributed by atoms with Gasteiger partial charge in [-0.3, -0.25) is 4.68 Å². The Balaban J connectivity index is 2.40. The third-order valence-corrected chi connectivity index (χ3v) is 3.34. The highest BCUT2D eigenvalue weighted by Gasteiger charge is 2.34. The number of hydrogen-bond acceptors (Lipinski definition) is 3. The van der Waals surface area contributed by atoms with E-state index in [0.29, 0.717) is 11.3 Å². The van der Waals surface area contributed by atoms with Crippen LogP contribution in [0.15, 0.2) is 36.5 Å². The van der Waals surface area contributed by atoms with E-state index in [1.54, 1.807) is 42.2 Å². The molecule has 2 N–H and O–H groups in total. The lowest BCUT2D eigenvalue weighted by Gasteiger charge is -2.30. The van der Waals surface area contributed by atoms with Gasteiger partial charge in [0.1, 0.15) is 5.82 Å². The Kier molecular flexibility index (Phi) is 3.97. The van der Waals surface area contributed by atoms with Crippen LogP contribution in [0.3, 0.4) is 0 Å². The molecule has 0 atom stereocenters. The van der Waals surface area contributed by atoms with Crippen molar-refractivity contribution in [2.24, 2.45) is 7.05 Å². The molecule has 0 aliphatic heterocycles. The van der Waals surface area contributed by atoms with Crippen molar-refractivity contribution in [3.05, 3.63) is 53.6 Å². The van der Waals surface area contributed by atoms with Crippen molar-refractivity contribution in [2.45, 2.75) is 11.8 Å². The minimum atomic E-state index is -1.06. The number of benzene rings is 1. The summed E-state index contributed by atoms with van der Waals surface area (Å²) in [6.07, 6.45) is 2.05. The van der Waals surface area contributed by atoms with E-state index in [0.717, 1.165) is 0 Å². The van der Waals surface area contributed by atoms with Gasteiger partial charge in [0.2, 0.25) is 0 Å². The van der Waals surface area contributed by atoms with Gasteiger partial charge in [0.15, 0.2) is 0 Å². The molecule has 0 fully saturated rings.